The van der Waals surface area contributed by atoms with E-state index >= 15 is 0 Å². The normalized spacial score (nSPS) is 11.9. The Kier molecular flexibility index (Phi) is 6.89. The van der Waals surface area contributed by atoms with Crippen LogP contribution in [0.15, 0.2) is 205 Å². The van der Waals surface area contributed by atoms with Gasteiger partial charge >= 0.3 is 0 Å². The molecule has 0 N–H and O–H groups in total. The molecule has 0 bridgehead atoms. The van der Waals surface area contributed by atoms with E-state index in [9.17, 15) is 0 Å². The average molecular weight is 728 g/mol. The third-order valence-electron chi connectivity index (χ3n) is 11.6. The van der Waals surface area contributed by atoms with E-state index in [1.807, 2.05) is 24.5 Å². The van der Waals surface area contributed by atoms with E-state index in [2.05, 4.69) is 190 Å². The molecule has 0 aliphatic heterocycles. The summed E-state index contributed by atoms with van der Waals surface area (Å²) in [7, 11) is 0. The van der Waals surface area contributed by atoms with Crippen molar-refractivity contribution in [2.45, 2.75) is 0 Å². The minimum atomic E-state index is 0.903. The fraction of sp³-hybridized carbons (Fsp3) is 0. The number of rotatable bonds is 5. The van der Waals surface area contributed by atoms with Crippen LogP contribution in [0, 0.1) is 0 Å². The third kappa shape index (κ3) is 4.91. The molecule has 0 fully saturated rings. The quantitative estimate of drug-likeness (QED) is 0.166. The maximum absolute atomic E-state index is 6.35. The van der Waals surface area contributed by atoms with Crippen LogP contribution < -0.4 is 4.90 Å². The van der Waals surface area contributed by atoms with Crippen LogP contribution in [0.2, 0.25) is 0 Å². The standard InChI is InChI=1S/C53H33N3O/c1-2-13-38(14-3-1)56-48-26-25-40(31-47(48)46-29-36-22-27-52-53(45(36)32-50(46)56)44-18-8-9-19-51(44)57-52)55(39-23-20-34(21-24-39)37-12-10-28-54-33-37)49-30-35-11-4-5-15-41(35)42-16-6-7-17-43(42)49/h1-33H. The summed E-state index contributed by atoms with van der Waals surface area (Å²) in [6.07, 6.45) is 3.74. The van der Waals surface area contributed by atoms with Crippen LogP contribution in [0.3, 0.4) is 0 Å². The second kappa shape index (κ2) is 12.4. The number of pyridine rings is 1. The Morgan fingerprint density at radius 3 is 1.98 bits per heavy atom. The summed E-state index contributed by atoms with van der Waals surface area (Å²) < 4.78 is 8.76. The van der Waals surface area contributed by atoms with Crippen LogP contribution in [-0.4, -0.2) is 9.55 Å². The van der Waals surface area contributed by atoms with Crippen molar-refractivity contribution in [1.82, 2.24) is 9.55 Å². The predicted molar refractivity (Wildman–Crippen MR) is 238 cm³/mol. The second-order valence-electron chi connectivity index (χ2n) is 14.8. The minimum absolute atomic E-state index is 0.903. The zero-order chi connectivity index (χ0) is 37.5. The van der Waals surface area contributed by atoms with Crippen LogP contribution in [0.1, 0.15) is 0 Å². The van der Waals surface area contributed by atoms with Gasteiger partial charge in [-0.05, 0) is 117 Å². The first-order valence-corrected chi connectivity index (χ1v) is 19.4. The molecule has 266 valence electrons. The molecule has 0 atom stereocenters. The number of nitrogens with zero attached hydrogens (tertiary/aromatic N) is 3. The molecular weight excluding hydrogens is 695 g/mol. The Hall–Kier alpha value is -7.69. The summed E-state index contributed by atoms with van der Waals surface area (Å²) in [5.41, 5.74) is 10.7. The predicted octanol–water partition coefficient (Wildman–Crippen LogP) is 14.7. The fourth-order valence-electron chi connectivity index (χ4n) is 9.03. The summed E-state index contributed by atoms with van der Waals surface area (Å²) in [6.45, 7) is 0. The molecule has 0 radical (unpaired) electrons. The van der Waals surface area contributed by atoms with E-state index in [0.717, 1.165) is 66.8 Å². The van der Waals surface area contributed by atoms with Crippen LogP contribution in [0.25, 0.3) is 92.9 Å². The van der Waals surface area contributed by atoms with Gasteiger partial charge < -0.3 is 13.9 Å². The maximum Gasteiger partial charge on any atom is 0.136 e. The first-order chi connectivity index (χ1) is 28.3. The molecule has 9 aromatic carbocycles. The first-order valence-electron chi connectivity index (χ1n) is 19.4. The van der Waals surface area contributed by atoms with Crippen molar-refractivity contribution in [2.75, 3.05) is 4.90 Å². The molecule has 0 saturated heterocycles. The number of fused-ring (bicyclic) bond motifs is 11. The lowest BCUT2D eigenvalue weighted by Crippen LogP contribution is -2.10. The molecular formula is C53H33N3O. The molecule has 4 heteroatoms. The van der Waals surface area contributed by atoms with Gasteiger partial charge in [0.25, 0.3) is 0 Å². The van der Waals surface area contributed by atoms with Crippen LogP contribution in [0.4, 0.5) is 17.1 Å². The monoisotopic (exact) mass is 727 g/mol. The Morgan fingerprint density at radius 2 is 1.14 bits per heavy atom. The van der Waals surface area contributed by atoms with E-state index in [1.165, 1.54) is 43.1 Å². The van der Waals surface area contributed by atoms with E-state index in [4.69, 9.17) is 4.42 Å². The van der Waals surface area contributed by atoms with E-state index in [0.29, 0.717) is 0 Å². The van der Waals surface area contributed by atoms with Gasteiger partial charge in [-0.2, -0.15) is 0 Å². The molecule has 3 heterocycles. The Morgan fingerprint density at radius 1 is 0.421 bits per heavy atom. The van der Waals surface area contributed by atoms with E-state index < -0.39 is 0 Å². The minimum Gasteiger partial charge on any atom is -0.456 e. The molecule has 0 unspecified atom stereocenters. The fourth-order valence-corrected chi connectivity index (χ4v) is 9.03. The zero-order valence-electron chi connectivity index (χ0n) is 30.8. The van der Waals surface area contributed by atoms with Gasteiger partial charge in [-0.1, -0.05) is 109 Å². The van der Waals surface area contributed by atoms with E-state index in [1.54, 1.807) is 0 Å². The summed E-state index contributed by atoms with van der Waals surface area (Å²) in [5.74, 6) is 0. The third-order valence-corrected chi connectivity index (χ3v) is 11.6. The number of aromatic nitrogens is 2. The number of hydrogen-bond acceptors (Lipinski definition) is 3. The average Bonchev–Trinajstić information content (AvgIpc) is 3.82. The summed E-state index contributed by atoms with van der Waals surface area (Å²) in [4.78, 5) is 6.81. The van der Waals surface area contributed by atoms with Crippen molar-refractivity contribution in [3.8, 4) is 16.8 Å². The van der Waals surface area contributed by atoms with Crippen LogP contribution in [0.5, 0.6) is 0 Å². The van der Waals surface area contributed by atoms with Gasteiger partial charge in [0, 0.05) is 56.4 Å². The van der Waals surface area contributed by atoms with Gasteiger partial charge in [0.1, 0.15) is 11.2 Å². The highest BCUT2D eigenvalue weighted by molar-refractivity contribution is 6.23. The lowest BCUT2D eigenvalue weighted by Gasteiger charge is -2.28. The Bertz CT molecular complexity index is 3510. The number of furan rings is 1. The number of anilines is 3. The molecule has 12 aromatic rings. The topological polar surface area (TPSA) is 34.2 Å². The molecule has 0 aliphatic carbocycles. The summed E-state index contributed by atoms with van der Waals surface area (Å²) in [6, 6.07) is 67.9. The SMILES string of the molecule is c1ccc(-n2c3ccc(N(c4ccc(-c5cccnc5)cc4)c4cc5ccccc5c5ccccc45)cc3c3cc4ccc5oc6ccccc6c5c4cc32)cc1. The van der Waals surface area contributed by atoms with Gasteiger partial charge in [0.15, 0.2) is 0 Å². The highest BCUT2D eigenvalue weighted by atomic mass is 16.3. The van der Waals surface area contributed by atoms with Crippen molar-refractivity contribution in [1.29, 1.82) is 0 Å². The van der Waals surface area contributed by atoms with Crippen molar-refractivity contribution in [3.05, 3.63) is 200 Å². The van der Waals surface area contributed by atoms with Crippen molar-refractivity contribution in [2.24, 2.45) is 0 Å². The lowest BCUT2D eigenvalue weighted by atomic mass is 9.98. The molecule has 0 aliphatic rings. The van der Waals surface area contributed by atoms with Crippen LogP contribution >= 0.6 is 0 Å². The van der Waals surface area contributed by atoms with Gasteiger partial charge in [-0.3, -0.25) is 4.98 Å². The number of benzene rings is 9. The number of para-hydroxylation sites is 2. The molecule has 0 spiro atoms. The molecule has 12 rings (SSSR count). The van der Waals surface area contributed by atoms with Gasteiger partial charge in [-0.15, -0.1) is 0 Å². The van der Waals surface area contributed by atoms with Gasteiger partial charge in [0.2, 0.25) is 0 Å². The highest BCUT2D eigenvalue weighted by Gasteiger charge is 2.21. The second-order valence-corrected chi connectivity index (χ2v) is 14.8. The number of hydrogen-bond donors (Lipinski definition) is 0. The summed E-state index contributed by atoms with van der Waals surface area (Å²) >= 11 is 0. The Labute approximate surface area is 328 Å². The van der Waals surface area contributed by atoms with Crippen LogP contribution in [-0.2, 0) is 0 Å². The molecule has 0 saturated carbocycles. The molecule has 3 aromatic heterocycles. The lowest BCUT2D eigenvalue weighted by molar-refractivity contribution is 0.669. The maximum atomic E-state index is 6.35. The largest absolute Gasteiger partial charge is 0.456 e. The van der Waals surface area contributed by atoms with Crippen molar-refractivity contribution in [3.63, 3.8) is 0 Å². The zero-order valence-corrected chi connectivity index (χ0v) is 30.8. The molecule has 57 heavy (non-hydrogen) atoms. The molecule has 4 nitrogen and oxygen atoms in total. The van der Waals surface area contributed by atoms with Gasteiger partial charge in [0.05, 0.1) is 16.7 Å². The van der Waals surface area contributed by atoms with Crippen molar-refractivity contribution >= 4 is 93.1 Å². The first kappa shape index (κ1) is 31.6. The smallest absolute Gasteiger partial charge is 0.136 e. The Balaban J connectivity index is 1.15. The molecule has 0 amide bonds. The van der Waals surface area contributed by atoms with Gasteiger partial charge in [-0.25, -0.2) is 0 Å². The van der Waals surface area contributed by atoms with E-state index in [-0.39, 0.29) is 0 Å². The van der Waals surface area contributed by atoms with Crippen molar-refractivity contribution < 1.29 is 4.42 Å². The highest BCUT2D eigenvalue weighted by Crippen LogP contribution is 2.45. The summed E-state index contributed by atoms with van der Waals surface area (Å²) in [5, 5.41) is 11.9.